The van der Waals surface area contributed by atoms with Gasteiger partial charge in [0.25, 0.3) is 0 Å². The van der Waals surface area contributed by atoms with Gasteiger partial charge in [-0.15, -0.1) is 0 Å². The number of hydrogen-bond donors (Lipinski definition) is 2. The zero-order chi connectivity index (χ0) is 21.2. The maximum Gasteiger partial charge on any atom is 0.225 e. The topological polar surface area (TPSA) is 98.6 Å². The highest BCUT2D eigenvalue weighted by Crippen LogP contribution is 2.10. The highest BCUT2D eigenvalue weighted by atomic mass is 35.5. The number of guanidine groups is 1. The van der Waals surface area contributed by atoms with Crippen LogP contribution in [-0.4, -0.2) is 78.0 Å². The molecule has 0 bridgehead atoms. The number of aliphatic imine (C=N–C) groups is 1. The summed E-state index contributed by atoms with van der Waals surface area (Å²) in [6.07, 6.45) is 6.46. The van der Waals surface area contributed by atoms with Gasteiger partial charge in [0, 0.05) is 71.3 Å². The van der Waals surface area contributed by atoms with E-state index in [1.165, 1.54) is 0 Å². The second-order valence-electron chi connectivity index (χ2n) is 6.83. The molecule has 2 aromatic heterocycles. The minimum absolute atomic E-state index is 0.138. The Kier molecular flexibility index (Phi) is 8.20. The van der Waals surface area contributed by atoms with Crippen LogP contribution in [0.1, 0.15) is 12.0 Å². The Bertz CT molecular complexity index is 822. The van der Waals surface area contributed by atoms with Gasteiger partial charge in [-0.1, -0.05) is 17.7 Å². The average Bonchev–Trinajstić information content (AvgIpc) is 2.80. The Hall–Kier alpha value is -2.94. The third-order valence-electron chi connectivity index (χ3n) is 4.82. The molecule has 0 atom stereocenters. The molecule has 0 radical (unpaired) electrons. The van der Waals surface area contributed by atoms with Gasteiger partial charge in [-0.3, -0.25) is 9.79 Å². The van der Waals surface area contributed by atoms with Gasteiger partial charge in [0.1, 0.15) is 5.15 Å². The largest absolute Gasteiger partial charge is 0.356 e. The number of pyridine rings is 1. The highest BCUT2D eigenvalue weighted by molar-refractivity contribution is 6.29. The molecule has 2 aromatic rings. The maximum absolute atomic E-state index is 12.5. The highest BCUT2D eigenvalue weighted by Gasteiger charge is 2.22. The van der Waals surface area contributed by atoms with Gasteiger partial charge in [0.05, 0.1) is 0 Å². The third-order valence-corrected chi connectivity index (χ3v) is 5.04. The summed E-state index contributed by atoms with van der Waals surface area (Å²) in [7, 11) is 1.71. The molecule has 0 aliphatic carbocycles. The fourth-order valence-corrected chi connectivity index (χ4v) is 3.27. The van der Waals surface area contributed by atoms with Gasteiger partial charge in [-0.05, 0) is 24.1 Å². The third kappa shape index (κ3) is 6.55. The van der Waals surface area contributed by atoms with E-state index in [1.54, 1.807) is 37.8 Å². The number of carbonyl (C=O) groups is 1. The Balaban J connectivity index is 1.32. The average molecular weight is 431 g/mol. The van der Waals surface area contributed by atoms with Crippen LogP contribution in [0.4, 0.5) is 5.95 Å². The summed E-state index contributed by atoms with van der Waals surface area (Å²) in [6, 6.07) is 5.53. The van der Waals surface area contributed by atoms with Gasteiger partial charge in [-0.25, -0.2) is 15.0 Å². The summed E-state index contributed by atoms with van der Waals surface area (Å²) < 4.78 is 0. The molecule has 0 unspecified atom stereocenters. The zero-order valence-electron chi connectivity index (χ0n) is 17.1. The quantitative estimate of drug-likeness (QED) is 0.383. The predicted molar refractivity (Wildman–Crippen MR) is 118 cm³/mol. The van der Waals surface area contributed by atoms with Crippen molar-refractivity contribution in [3.05, 3.63) is 47.5 Å². The molecular weight excluding hydrogens is 404 g/mol. The van der Waals surface area contributed by atoms with Gasteiger partial charge in [0.15, 0.2) is 5.96 Å². The zero-order valence-corrected chi connectivity index (χ0v) is 17.8. The monoisotopic (exact) mass is 430 g/mol. The van der Waals surface area contributed by atoms with Crippen LogP contribution in [0.25, 0.3) is 0 Å². The molecule has 160 valence electrons. The van der Waals surface area contributed by atoms with Crippen LogP contribution in [-0.2, 0) is 11.2 Å². The molecule has 1 fully saturated rings. The normalized spacial score (nSPS) is 14.5. The maximum atomic E-state index is 12.5. The fraction of sp³-hybridized carbons (Fsp3) is 0.450. The van der Waals surface area contributed by atoms with Crippen LogP contribution in [0, 0.1) is 0 Å². The minimum atomic E-state index is 0.138. The molecule has 1 aliphatic rings. The van der Waals surface area contributed by atoms with Crippen LogP contribution < -0.4 is 15.5 Å². The molecule has 2 N–H and O–H groups in total. The van der Waals surface area contributed by atoms with E-state index < -0.39 is 0 Å². The van der Waals surface area contributed by atoms with Gasteiger partial charge in [0.2, 0.25) is 11.9 Å². The number of amides is 1. The molecular formula is C20H27ClN8O. The fourth-order valence-electron chi connectivity index (χ4n) is 3.16. The lowest BCUT2D eigenvalue weighted by atomic mass is 10.2. The lowest BCUT2D eigenvalue weighted by Gasteiger charge is -2.34. The molecule has 3 rings (SSSR count). The number of carbonyl (C=O) groups excluding carboxylic acids is 1. The summed E-state index contributed by atoms with van der Waals surface area (Å²) in [6.45, 7) is 4.08. The summed E-state index contributed by atoms with van der Waals surface area (Å²) in [5, 5.41) is 6.93. The standard InChI is InChI=1S/C20H27ClN8O/c1-22-19(23-9-5-16-3-4-17(21)27-15-16)24-10-6-18(30)28-11-13-29(14-12-28)20-25-7-2-8-26-20/h2-4,7-8,15H,5-6,9-14H2,1H3,(H2,22,23,24). The first kappa shape index (κ1) is 21.8. The van der Waals surface area contributed by atoms with Crippen LogP contribution >= 0.6 is 11.6 Å². The van der Waals surface area contributed by atoms with E-state index in [1.807, 2.05) is 11.0 Å². The molecule has 9 nitrogen and oxygen atoms in total. The number of halogens is 1. The predicted octanol–water partition coefficient (Wildman–Crippen LogP) is 0.971. The Morgan fingerprint density at radius 1 is 1.10 bits per heavy atom. The molecule has 0 spiro atoms. The van der Waals surface area contributed by atoms with E-state index in [9.17, 15) is 4.79 Å². The molecule has 0 aromatic carbocycles. The SMILES string of the molecule is CN=C(NCCC(=O)N1CCN(c2ncccn2)CC1)NCCc1ccc(Cl)nc1. The van der Waals surface area contributed by atoms with Crippen LogP contribution in [0.5, 0.6) is 0 Å². The second-order valence-corrected chi connectivity index (χ2v) is 7.22. The van der Waals surface area contributed by atoms with Crippen molar-refractivity contribution >= 4 is 29.4 Å². The lowest BCUT2D eigenvalue weighted by molar-refractivity contribution is -0.131. The van der Waals surface area contributed by atoms with E-state index >= 15 is 0 Å². The first-order chi connectivity index (χ1) is 14.7. The first-order valence-electron chi connectivity index (χ1n) is 10.0. The van der Waals surface area contributed by atoms with Gasteiger partial charge in [-0.2, -0.15) is 0 Å². The summed E-state index contributed by atoms with van der Waals surface area (Å²) >= 11 is 5.80. The number of aromatic nitrogens is 3. The van der Waals surface area contributed by atoms with E-state index in [0.29, 0.717) is 43.7 Å². The molecule has 30 heavy (non-hydrogen) atoms. The van der Waals surface area contributed by atoms with Crippen molar-refractivity contribution in [2.45, 2.75) is 12.8 Å². The molecule has 3 heterocycles. The summed E-state index contributed by atoms with van der Waals surface area (Å²) in [4.78, 5) is 33.3. The molecule has 10 heteroatoms. The van der Waals surface area contributed by atoms with E-state index in [4.69, 9.17) is 11.6 Å². The molecule has 0 saturated carbocycles. The van der Waals surface area contributed by atoms with E-state index in [-0.39, 0.29) is 5.91 Å². The van der Waals surface area contributed by atoms with Gasteiger partial charge >= 0.3 is 0 Å². The van der Waals surface area contributed by atoms with E-state index in [2.05, 4.69) is 35.5 Å². The molecule has 1 aliphatic heterocycles. The number of nitrogens with zero attached hydrogens (tertiary/aromatic N) is 6. The van der Waals surface area contributed by atoms with Crippen LogP contribution in [0.2, 0.25) is 5.15 Å². The number of anilines is 1. The molecule has 1 amide bonds. The lowest BCUT2D eigenvalue weighted by Crippen LogP contribution is -2.50. The number of hydrogen-bond acceptors (Lipinski definition) is 6. The van der Waals surface area contributed by atoms with Crippen molar-refractivity contribution in [3.63, 3.8) is 0 Å². The van der Waals surface area contributed by atoms with Crippen molar-refractivity contribution in [2.24, 2.45) is 4.99 Å². The van der Waals surface area contributed by atoms with Crippen molar-refractivity contribution in [2.75, 3.05) is 51.2 Å². The Morgan fingerprint density at radius 2 is 1.83 bits per heavy atom. The smallest absolute Gasteiger partial charge is 0.225 e. The van der Waals surface area contributed by atoms with Crippen molar-refractivity contribution in [1.82, 2.24) is 30.5 Å². The Labute approximate surface area is 181 Å². The van der Waals surface area contributed by atoms with Crippen molar-refractivity contribution in [3.8, 4) is 0 Å². The minimum Gasteiger partial charge on any atom is -0.356 e. The number of rotatable bonds is 7. The van der Waals surface area contributed by atoms with Gasteiger partial charge < -0.3 is 20.4 Å². The first-order valence-corrected chi connectivity index (χ1v) is 10.4. The summed E-state index contributed by atoms with van der Waals surface area (Å²) in [5.41, 5.74) is 1.09. The number of piperazine rings is 1. The van der Waals surface area contributed by atoms with Crippen LogP contribution in [0.3, 0.4) is 0 Å². The van der Waals surface area contributed by atoms with Crippen LogP contribution in [0.15, 0.2) is 41.8 Å². The van der Waals surface area contributed by atoms with Crippen molar-refractivity contribution in [1.29, 1.82) is 0 Å². The summed E-state index contributed by atoms with van der Waals surface area (Å²) in [5.74, 6) is 1.53. The Morgan fingerprint density at radius 3 is 2.50 bits per heavy atom. The number of nitrogens with one attached hydrogen (secondary N) is 2. The molecule has 1 saturated heterocycles. The van der Waals surface area contributed by atoms with Crippen molar-refractivity contribution < 1.29 is 4.79 Å². The second kappa shape index (κ2) is 11.3. The van der Waals surface area contributed by atoms with E-state index in [0.717, 1.165) is 31.0 Å².